The lowest BCUT2D eigenvalue weighted by molar-refractivity contribution is -0.104. The molecule has 0 N–H and O–H groups in total. The lowest BCUT2D eigenvalue weighted by Crippen LogP contribution is -2.04. The van der Waals surface area contributed by atoms with Gasteiger partial charge in [0.2, 0.25) is 5.78 Å². The lowest BCUT2D eigenvalue weighted by atomic mass is 10.2. The van der Waals surface area contributed by atoms with Gasteiger partial charge in [-0.1, -0.05) is 0 Å². The maximum Gasteiger partial charge on any atom is 0.245 e. The zero-order valence-corrected chi connectivity index (χ0v) is 7.97. The Morgan fingerprint density at radius 1 is 1.33 bits per heavy atom. The van der Waals surface area contributed by atoms with Crippen molar-refractivity contribution in [2.45, 2.75) is 6.92 Å². The fraction of sp³-hybridized carbons (Fsp3) is 0.100. The number of fused-ring (bicyclic) bond motifs is 1. The third kappa shape index (κ3) is 1.59. The molecule has 0 unspecified atom stereocenters. The van der Waals surface area contributed by atoms with Crippen LogP contribution in [0.25, 0.3) is 11.0 Å². The number of aromatic nitrogens is 3. The Morgan fingerprint density at radius 2 is 2.13 bits per heavy atom. The van der Waals surface area contributed by atoms with E-state index in [4.69, 9.17) is 0 Å². The molecule has 0 atom stereocenters. The van der Waals surface area contributed by atoms with Gasteiger partial charge >= 0.3 is 0 Å². The Bertz CT molecular complexity index is 551. The van der Waals surface area contributed by atoms with E-state index in [0.29, 0.717) is 11.0 Å². The molecule has 2 aromatic heterocycles. The molecule has 2 heterocycles. The van der Waals surface area contributed by atoms with E-state index in [9.17, 15) is 9.59 Å². The van der Waals surface area contributed by atoms with Crippen molar-refractivity contribution in [2.75, 3.05) is 0 Å². The average molecular weight is 201 g/mol. The molecule has 0 radical (unpaired) electrons. The van der Waals surface area contributed by atoms with E-state index < -0.39 is 5.78 Å². The molecule has 0 saturated carbocycles. The number of rotatable bonds is 2. The third-order valence-electron chi connectivity index (χ3n) is 2.00. The molecule has 0 saturated heterocycles. The molecule has 5 nitrogen and oxygen atoms in total. The second kappa shape index (κ2) is 3.53. The van der Waals surface area contributed by atoms with Crippen molar-refractivity contribution >= 4 is 23.1 Å². The zero-order chi connectivity index (χ0) is 10.8. The largest absolute Gasteiger partial charge is 0.294 e. The van der Waals surface area contributed by atoms with Crippen molar-refractivity contribution in [3.63, 3.8) is 0 Å². The van der Waals surface area contributed by atoms with E-state index >= 15 is 0 Å². The Kier molecular flexibility index (Phi) is 2.21. The second-order valence-electron chi connectivity index (χ2n) is 3.06. The molecule has 0 aliphatic rings. The van der Waals surface area contributed by atoms with Crippen LogP contribution in [0.15, 0.2) is 18.6 Å². The van der Waals surface area contributed by atoms with E-state index in [1.165, 1.54) is 12.4 Å². The first-order valence-corrected chi connectivity index (χ1v) is 4.29. The van der Waals surface area contributed by atoms with Gasteiger partial charge in [-0.05, 0) is 12.5 Å². The molecule has 2 rings (SSSR count). The molecule has 74 valence electrons. The van der Waals surface area contributed by atoms with Gasteiger partial charge in [0.1, 0.15) is 11.2 Å². The fourth-order valence-electron chi connectivity index (χ4n) is 1.26. The highest BCUT2D eigenvalue weighted by Crippen LogP contribution is 2.11. The van der Waals surface area contributed by atoms with Crippen LogP contribution in [0.5, 0.6) is 0 Å². The minimum atomic E-state index is -0.675. The van der Waals surface area contributed by atoms with Gasteiger partial charge in [-0.25, -0.2) is 4.98 Å². The standard InChI is InChI=1S/C10H7N3O2/c1-6-2-11-3-8-10(6)12-4-7(13-8)9(15)5-14/h2-5H,1H3. The van der Waals surface area contributed by atoms with Crippen molar-refractivity contribution in [3.8, 4) is 0 Å². The Morgan fingerprint density at radius 3 is 2.87 bits per heavy atom. The van der Waals surface area contributed by atoms with Gasteiger partial charge < -0.3 is 0 Å². The van der Waals surface area contributed by atoms with Crippen molar-refractivity contribution < 1.29 is 9.59 Å². The fourth-order valence-corrected chi connectivity index (χ4v) is 1.26. The molecule has 15 heavy (non-hydrogen) atoms. The van der Waals surface area contributed by atoms with Crippen LogP contribution in [0.3, 0.4) is 0 Å². The zero-order valence-electron chi connectivity index (χ0n) is 7.97. The number of carbonyl (C=O) groups is 2. The highest BCUT2D eigenvalue weighted by molar-refractivity contribution is 6.32. The molecule has 0 aliphatic heterocycles. The summed E-state index contributed by atoms with van der Waals surface area (Å²) in [6.07, 6.45) is 4.69. The summed E-state index contributed by atoms with van der Waals surface area (Å²) in [5.74, 6) is -0.675. The second-order valence-corrected chi connectivity index (χ2v) is 3.06. The summed E-state index contributed by atoms with van der Waals surface area (Å²) < 4.78 is 0. The van der Waals surface area contributed by atoms with Gasteiger partial charge in [-0.15, -0.1) is 0 Å². The minimum Gasteiger partial charge on any atom is -0.294 e. The summed E-state index contributed by atoms with van der Waals surface area (Å²) in [4.78, 5) is 33.3. The molecule has 0 amide bonds. The average Bonchev–Trinajstić information content (AvgIpc) is 2.28. The molecule has 0 aromatic carbocycles. The summed E-state index contributed by atoms with van der Waals surface area (Å²) in [7, 11) is 0. The predicted octanol–water partition coefficient (Wildman–Crippen LogP) is 0.715. The number of carbonyl (C=O) groups excluding carboxylic acids is 2. The quantitative estimate of drug-likeness (QED) is 0.406. The summed E-state index contributed by atoms with van der Waals surface area (Å²) in [6.45, 7) is 1.85. The molecule has 0 aliphatic carbocycles. The van der Waals surface area contributed by atoms with E-state index in [1.807, 2.05) is 6.92 Å². The van der Waals surface area contributed by atoms with Crippen molar-refractivity contribution in [1.29, 1.82) is 0 Å². The van der Waals surface area contributed by atoms with Gasteiger partial charge in [0, 0.05) is 6.20 Å². The molecule has 0 fully saturated rings. The van der Waals surface area contributed by atoms with Crippen molar-refractivity contribution in [1.82, 2.24) is 15.0 Å². The number of hydrogen-bond donors (Lipinski definition) is 0. The maximum absolute atomic E-state index is 11.1. The Balaban J connectivity index is 2.67. The molecule has 0 bridgehead atoms. The van der Waals surface area contributed by atoms with Gasteiger partial charge in [0.15, 0.2) is 6.29 Å². The first-order valence-electron chi connectivity index (χ1n) is 4.29. The molecule has 2 aromatic rings. The van der Waals surface area contributed by atoms with Crippen LogP contribution < -0.4 is 0 Å². The number of nitrogens with zero attached hydrogens (tertiary/aromatic N) is 3. The Labute approximate surface area is 85.2 Å². The summed E-state index contributed by atoms with van der Waals surface area (Å²) in [6, 6.07) is 0. The van der Waals surface area contributed by atoms with Crippen LogP contribution in [-0.4, -0.2) is 27.0 Å². The summed E-state index contributed by atoms with van der Waals surface area (Å²) in [5.41, 5.74) is 2.13. The van der Waals surface area contributed by atoms with E-state index in [2.05, 4.69) is 15.0 Å². The normalized spacial score (nSPS) is 10.2. The lowest BCUT2D eigenvalue weighted by Gasteiger charge is -2.00. The highest BCUT2D eigenvalue weighted by Gasteiger charge is 2.08. The summed E-state index contributed by atoms with van der Waals surface area (Å²) in [5, 5.41) is 0. The van der Waals surface area contributed by atoms with E-state index in [1.54, 1.807) is 6.20 Å². The van der Waals surface area contributed by atoms with Gasteiger partial charge in [-0.2, -0.15) is 0 Å². The van der Waals surface area contributed by atoms with Gasteiger partial charge in [-0.3, -0.25) is 19.6 Å². The smallest absolute Gasteiger partial charge is 0.245 e. The van der Waals surface area contributed by atoms with Crippen LogP contribution in [0.4, 0.5) is 0 Å². The van der Waals surface area contributed by atoms with Crippen LogP contribution in [0.1, 0.15) is 16.1 Å². The third-order valence-corrected chi connectivity index (χ3v) is 2.00. The molecular weight excluding hydrogens is 194 g/mol. The number of hydrogen-bond acceptors (Lipinski definition) is 5. The monoisotopic (exact) mass is 201 g/mol. The van der Waals surface area contributed by atoms with Crippen LogP contribution in [0.2, 0.25) is 0 Å². The highest BCUT2D eigenvalue weighted by atomic mass is 16.2. The molecular formula is C10H7N3O2. The van der Waals surface area contributed by atoms with E-state index in [-0.39, 0.29) is 12.0 Å². The first kappa shape index (κ1) is 9.39. The SMILES string of the molecule is Cc1cncc2nc(C(=O)C=O)cnc12. The van der Waals surface area contributed by atoms with Crippen molar-refractivity contribution in [2.24, 2.45) is 0 Å². The van der Waals surface area contributed by atoms with Gasteiger partial charge in [0.25, 0.3) is 0 Å². The number of Topliss-reactive ketones (excluding diaryl/α,β-unsaturated/α-hetero) is 1. The minimum absolute atomic E-state index is 0.0462. The molecule has 0 spiro atoms. The Hall–Kier alpha value is -2.17. The van der Waals surface area contributed by atoms with Crippen LogP contribution in [0, 0.1) is 6.92 Å². The summed E-state index contributed by atoms with van der Waals surface area (Å²) >= 11 is 0. The van der Waals surface area contributed by atoms with Crippen LogP contribution in [-0.2, 0) is 4.79 Å². The first-order chi connectivity index (χ1) is 7.22. The van der Waals surface area contributed by atoms with Crippen molar-refractivity contribution in [3.05, 3.63) is 29.8 Å². The number of aldehydes is 1. The van der Waals surface area contributed by atoms with Crippen LogP contribution >= 0.6 is 0 Å². The van der Waals surface area contributed by atoms with E-state index in [0.717, 1.165) is 5.56 Å². The topological polar surface area (TPSA) is 72.8 Å². The van der Waals surface area contributed by atoms with Gasteiger partial charge in [0.05, 0.1) is 17.9 Å². The molecule has 5 heteroatoms. The predicted molar refractivity (Wildman–Crippen MR) is 52.5 cm³/mol. The number of aryl methyl sites for hydroxylation is 1. The number of ketones is 1. The maximum atomic E-state index is 11.1. The number of pyridine rings is 1.